The fraction of sp³-hybridized carbons (Fsp3) is 0.333. The number of allylic oxidation sites excluding steroid dienone is 2. The summed E-state index contributed by atoms with van der Waals surface area (Å²) in [6, 6.07) is 0. The van der Waals surface area contributed by atoms with E-state index in [2.05, 4.69) is 6.58 Å². The molecule has 0 aliphatic carbocycles. The predicted molar refractivity (Wildman–Crippen MR) is 31.2 cm³/mol. The topological polar surface area (TPSA) is 20.2 Å². The summed E-state index contributed by atoms with van der Waals surface area (Å²) in [5.41, 5.74) is 0. The second-order valence-corrected chi connectivity index (χ2v) is 1.27. The van der Waals surface area contributed by atoms with Gasteiger partial charge in [-0.2, -0.15) is 0 Å². The summed E-state index contributed by atoms with van der Waals surface area (Å²) in [6.07, 6.45) is 3.90. The largest absolute Gasteiger partial charge is 0.512 e. The van der Waals surface area contributed by atoms with Gasteiger partial charge in [0, 0.05) is 6.42 Å². The molecule has 0 aromatic heterocycles. The molecule has 7 heavy (non-hydrogen) atoms. The van der Waals surface area contributed by atoms with Crippen LogP contribution in [0.3, 0.4) is 0 Å². The van der Waals surface area contributed by atoms with Crippen LogP contribution in [0.1, 0.15) is 13.3 Å². The molecule has 0 radical (unpaired) electrons. The van der Waals surface area contributed by atoms with Gasteiger partial charge in [-0.1, -0.05) is 6.08 Å². The molecular formula is C6H10O. The van der Waals surface area contributed by atoms with Crippen molar-refractivity contribution in [3.63, 3.8) is 0 Å². The van der Waals surface area contributed by atoms with Crippen molar-refractivity contribution in [1.29, 1.82) is 0 Å². The zero-order valence-electron chi connectivity index (χ0n) is 4.52. The average molecular weight is 98.1 g/mol. The molecule has 0 saturated heterocycles. The van der Waals surface area contributed by atoms with Crippen LogP contribution in [0.5, 0.6) is 0 Å². The number of aliphatic hydroxyl groups is 1. The summed E-state index contributed by atoms with van der Waals surface area (Å²) in [4.78, 5) is 0. The van der Waals surface area contributed by atoms with Crippen LogP contribution in [0.25, 0.3) is 0 Å². The molecule has 0 rings (SSSR count). The lowest BCUT2D eigenvalue weighted by molar-refractivity contribution is 0.400. The van der Waals surface area contributed by atoms with Crippen LogP contribution in [-0.4, -0.2) is 5.11 Å². The van der Waals surface area contributed by atoms with E-state index >= 15 is 0 Å². The summed E-state index contributed by atoms with van der Waals surface area (Å²) in [6.45, 7) is 5.24. The SMILES string of the molecule is C=CC/C(O)=C\C. The van der Waals surface area contributed by atoms with Crippen LogP contribution in [-0.2, 0) is 0 Å². The predicted octanol–water partition coefficient (Wildman–Crippen LogP) is 2.02. The number of rotatable bonds is 2. The zero-order chi connectivity index (χ0) is 5.70. The monoisotopic (exact) mass is 98.1 g/mol. The first kappa shape index (κ1) is 6.28. The molecule has 0 heterocycles. The van der Waals surface area contributed by atoms with Gasteiger partial charge in [-0.05, 0) is 13.0 Å². The van der Waals surface area contributed by atoms with Gasteiger partial charge in [-0.3, -0.25) is 0 Å². The average Bonchev–Trinajstić information content (AvgIpc) is 1.68. The first-order valence-corrected chi connectivity index (χ1v) is 2.26. The lowest BCUT2D eigenvalue weighted by Crippen LogP contribution is -1.72. The van der Waals surface area contributed by atoms with E-state index in [1.807, 2.05) is 0 Å². The van der Waals surface area contributed by atoms with E-state index in [9.17, 15) is 0 Å². The number of hydrogen-bond acceptors (Lipinski definition) is 1. The highest BCUT2D eigenvalue weighted by Crippen LogP contribution is 1.93. The molecule has 0 fully saturated rings. The Morgan fingerprint density at radius 1 is 1.86 bits per heavy atom. The maximum atomic E-state index is 8.65. The van der Waals surface area contributed by atoms with Gasteiger partial charge in [0.25, 0.3) is 0 Å². The van der Waals surface area contributed by atoms with Gasteiger partial charge in [0.1, 0.15) is 0 Å². The minimum Gasteiger partial charge on any atom is -0.512 e. The van der Waals surface area contributed by atoms with E-state index in [0.717, 1.165) is 0 Å². The highest BCUT2D eigenvalue weighted by molar-refractivity contribution is 4.93. The second-order valence-electron chi connectivity index (χ2n) is 1.27. The lowest BCUT2D eigenvalue weighted by atomic mass is 10.3. The van der Waals surface area contributed by atoms with Crippen molar-refractivity contribution in [2.75, 3.05) is 0 Å². The Balaban J connectivity index is 3.36. The third-order valence-corrected chi connectivity index (χ3v) is 0.687. The second kappa shape index (κ2) is 3.47. The van der Waals surface area contributed by atoms with E-state index in [4.69, 9.17) is 5.11 Å². The molecule has 0 aromatic carbocycles. The standard InChI is InChI=1S/C6H10O/c1-3-5-6(7)4-2/h3-4,7H,1,5H2,2H3/b6-4+. The summed E-state index contributed by atoms with van der Waals surface area (Å²) in [5.74, 6) is 0.384. The molecule has 1 heteroatoms. The van der Waals surface area contributed by atoms with Gasteiger partial charge in [0.05, 0.1) is 5.76 Å². The Labute approximate surface area is 44.0 Å². The summed E-state index contributed by atoms with van der Waals surface area (Å²) >= 11 is 0. The number of aliphatic hydroxyl groups excluding tert-OH is 1. The quantitative estimate of drug-likeness (QED) is 0.414. The Morgan fingerprint density at radius 2 is 2.43 bits per heavy atom. The van der Waals surface area contributed by atoms with E-state index in [1.165, 1.54) is 0 Å². The van der Waals surface area contributed by atoms with Crippen LogP contribution in [0, 0.1) is 0 Å². The molecule has 0 aromatic rings. The van der Waals surface area contributed by atoms with Gasteiger partial charge in [0.2, 0.25) is 0 Å². The van der Waals surface area contributed by atoms with Crippen LogP contribution in [0.4, 0.5) is 0 Å². The molecule has 0 amide bonds. The molecule has 0 unspecified atom stereocenters. The molecule has 1 N–H and O–H groups in total. The molecule has 0 spiro atoms. The van der Waals surface area contributed by atoms with Crippen LogP contribution in [0.2, 0.25) is 0 Å². The molecule has 40 valence electrons. The van der Waals surface area contributed by atoms with E-state index in [1.54, 1.807) is 19.1 Å². The molecule has 0 atom stereocenters. The fourth-order valence-electron chi connectivity index (χ4n) is 0.266. The third-order valence-electron chi connectivity index (χ3n) is 0.687. The smallest absolute Gasteiger partial charge is 0.0917 e. The van der Waals surface area contributed by atoms with Crippen LogP contribution in [0.15, 0.2) is 24.5 Å². The van der Waals surface area contributed by atoms with Crippen molar-refractivity contribution in [2.24, 2.45) is 0 Å². The minimum atomic E-state index is 0.384. The summed E-state index contributed by atoms with van der Waals surface area (Å²) < 4.78 is 0. The first-order valence-electron chi connectivity index (χ1n) is 2.26. The maximum Gasteiger partial charge on any atom is 0.0917 e. The highest BCUT2D eigenvalue weighted by Gasteiger charge is 1.79. The third kappa shape index (κ3) is 3.10. The van der Waals surface area contributed by atoms with Gasteiger partial charge >= 0.3 is 0 Å². The van der Waals surface area contributed by atoms with Crippen molar-refractivity contribution in [1.82, 2.24) is 0 Å². The molecule has 0 bridgehead atoms. The molecular weight excluding hydrogens is 88.1 g/mol. The Bertz CT molecular complexity index is 82.2. The van der Waals surface area contributed by atoms with Crippen molar-refractivity contribution < 1.29 is 5.11 Å². The Kier molecular flexibility index (Phi) is 3.11. The van der Waals surface area contributed by atoms with Crippen LogP contribution < -0.4 is 0 Å². The van der Waals surface area contributed by atoms with Gasteiger partial charge in [-0.15, -0.1) is 6.58 Å². The van der Waals surface area contributed by atoms with Gasteiger partial charge < -0.3 is 5.11 Å². The normalized spacial score (nSPS) is 11.3. The summed E-state index contributed by atoms with van der Waals surface area (Å²) in [7, 11) is 0. The van der Waals surface area contributed by atoms with Crippen LogP contribution >= 0.6 is 0 Å². The first-order chi connectivity index (χ1) is 3.31. The zero-order valence-corrected chi connectivity index (χ0v) is 4.52. The summed E-state index contributed by atoms with van der Waals surface area (Å²) in [5, 5.41) is 8.65. The van der Waals surface area contributed by atoms with Crippen molar-refractivity contribution >= 4 is 0 Å². The maximum absolute atomic E-state index is 8.65. The molecule has 0 aliphatic heterocycles. The lowest BCUT2D eigenvalue weighted by Gasteiger charge is -1.86. The minimum absolute atomic E-state index is 0.384. The molecule has 1 nitrogen and oxygen atoms in total. The van der Waals surface area contributed by atoms with E-state index < -0.39 is 0 Å². The Hall–Kier alpha value is -0.720. The van der Waals surface area contributed by atoms with E-state index in [0.29, 0.717) is 12.2 Å². The van der Waals surface area contributed by atoms with E-state index in [-0.39, 0.29) is 0 Å². The van der Waals surface area contributed by atoms with Gasteiger partial charge in [0.15, 0.2) is 0 Å². The van der Waals surface area contributed by atoms with Crippen molar-refractivity contribution in [3.8, 4) is 0 Å². The van der Waals surface area contributed by atoms with Crippen molar-refractivity contribution in [3.05, 3.63) is 24.5 Å². The Morgan fingerprint density at radius 3 is 2.57 bits per heavy atom. The fourth-order valence-corrected chi connectivity index (χ4v) is 0.266. The van der Waals surface area contributed by atoms with Gasteiger partial charge in [-0.25, -0.2) is 0 Å². The molecule has 0 saturated carbocycles. The van der Waals surface area contributed by atoms with Crippen molar-refractivity contribution in [2.45, 2.75) is 13.3 Å². The number of hydrogen-bond donors (Lipinski definition) is 1. The highest BCUT2D eigenvalue weighted by atomic mass is 16.3. The molecule has 0 aliphatic rings.